The van der Waals surface area contributed by atoms with Gasteiger partial charge in [0.05, 0.1) is 5.02 Å². The Labute approximate surface area is 103 Å². The van der Waals surface area contributed by atoms with Crippen molar-refractivity contribution >= 4 is 23.2 Å². The number of carbonyl (C=O) groups is 1. The van der Waals surface area contributed by atoms with E-state index in [1.807, 2.05) is 0 Å². The molecule has 0 saturated heterocycles. The second-order valence-corrected chi connectivity index (χ2v) is 3.76. The van der Waals surface area contributed by atoms with Crippen molar-refractivity contribution in [2.75, 3.05) is 5.32 Å². The van der Waals surface area contributed by atoms with Gasteiger partial charge in [0.1, 0.15) is 5.75 Å². The Morgan fingerprint density at radius 3 is 2.59 bits per heavy atom. The first kappa shape index (κ1) is 11.4. The molecule has 0 radical (unpaired) electrons. The van der Waals surface area contributed by atoms with Crippen LogP contribution in [-0.2, 0) is 0 Å². The van der Waals surface area contributed by atoms with E-state index in [2.05, 4.69) is 10.3 Å². The maximum Gasteiger partial charge on any atom is 0.255 e. The number of halogens is 1. The number of nitrogens with zero attached hydrogens (tertiary/aromatic N) is 1. The number of aromatic nitrogens is 1. The lowest BCUT2D eigenvalue weighted by molar-refractivity contribution is 0.102. The van der Waals surface area contributed by atoms with Crippen molar-refractivity contribution in [3.05, 3.63) is 53.3 Å². The van der Waals surface area contributed by atoms with Crippen molar-refractivity contribution in [2.45, 2.75) is 0 Å². The second kappa shape index (κ2) is 4.84. The molecule has 2 aromatic rings. The first-order valence-corrected chi connectivity index (χ1v) is 5.24. The minimum atomic E-state index is -0.293. The molecule has 0 aliphatic rings. The largest absolute Gasteiger partial charge is 0.506 e. The Morgan fingerprint density at radius 1 is 1.24 bits per heavy atom. The lowest BCUT2D eigenvalue weighted by Crippen LogP contribution is -2.11. The van der Waals surface area contributed by atoms with Gasteiger partial charge in [0.15, 0.2) is 0 Å². The van der Waals surface area contributed by atoms with Gasteiger partial charge in [-0.1, -0.05) is 11.6 Å². The van der Waals surface area contributed by atoms with Crippen LogP contribution < -0.4 is 5.32 Å². The maximum atomic E-state index is 11.8. The molecule has 0 unspecified atom stereocenters. The minimum Gasteiger partial charge on any atom is -0.506 e. The van der Waals surface area contributed by atoms with Crippen LogP contribution in [0.5, 0.6) is 5.75 Å². The summed E-state index contributed by atoms with van der Waals surface area (Å²) >= 11 is 5.72. The summed E-state index contributed by atoms with van der Waals surface area (Å²) in [4.78, 5) is 15.7. The third-order valence-electron chi connectivity index (χ3n) is 2.15. The van der Waals surface area contributed by atoms with Crippen LogP contribution in [0.4, 0.5) is 5.69 Å². The molecule has 5 heteroatoms. The number of carbonyl (C=O) groups excluding carboxylic acids is 1. The van der Waals surface area contributed by atoms with Gasteiger partial charge in [0, 0.05) is 23.6 Å². The van der Waals surface area contributed by atoms with Crippen molar-refractivity contribution in [3.8, 4) is 5.75 Å². The first-order valence-electron chi connectivity index (χ1n) is 4.87. The molecule has 0 aliphatic carbocycles. The summed E-state index contributed by atoms with van der Waals surface area (Å²) in [6, 6.07) is 7.65. The van der Waals surface area contributed by atoms with E-state index in [9.17, 15) is 9.90 Å². The third kappa shape index (κ3) is 2.73. The second-order valence-electron chi connectivity index (χ2n) is 3.36. The monoisotopic (exact) mass is 248 g/mol. The van der Waals surface area contributed by atoms with Crippen molar-refractivity contribution in [3.63, 3.8) is 0 Å². The summed E-state index contributed by atoms with van der Waals surface area (Å²) in [6.45, 7) is 0. The zero-order valence-electron chi connectivity index (χ0n) is 8.72. The number of benzene rings is 1. The molecule has 0 bridgehead atoms. The summed E-state index contributed by atoms with van der Waals surface area (Å²) in [5, 5.41) is 12.1. The Morgan fingerprint density at radius 2 is 1.94 bits per heavy atom. The molecule has 1 aromatic heterocycles. The van der Waals surface area contributed by atoms with E-state index >= 15 is 0 Å². The molecule has 4 nitrogen and oxygen atoms in total. The summed E-state index contributed by atoms with van der Waals surface area (Å²) in [6.07, 6.45) is 3.17. The highest BCUT2D eigenvalue weighted by Gasteiger charge is 2.08. The summed E-state index contributed by atoms with van der Waals surface area (Å²) in [5.41, 5.74) is 1.03. The molecular formula is C12H9ClN2O2. The molecular weight excluding hydrogens is 240 g/mol. The lowest BCUT2D eigenvalue weighted by Gasteiger charge is -2.05. The molecule has 2 rings (SSSR count). The lowest BCUT2D eigenvalue weighted by atomic mass is 10.2. The fourth-order valence-electron chi connectivity index (χ4n) is 1.29. The topological polar surface area (TPSA) is 62.2 Å². The van der Waals surface area contributed by atoms with Crippen molar-refractivity contribution in [2.24, 2.45) is 0 Å². The van der Waals surface area contributed by atoms with Gasteiger partial charge < -0.3 is 10.4 Å². The van der Waals surface area contributed by atoms with Crippen molar-refractivity contribution in [1.82, 2.24) is 4.98 Å². The zero-order chi connectivity index (χ0) is 12.3. The molecule has 1 amide bonds. The predicted octanol–water partition coefficient (Wildman–Crippen LogP) is 2.69. The van der Waals surface area contributed by atoms with E-state index in [1.165, 1.54) is 18.2 Å². The maximum absolute atomic E-state index is 11.8. The van der Waals surface area contributed by atoms with Gasteiger partial charge >= 0.3 is 0 Å². The van der Waals surface area contributed by atoms with Crippen LogP contribution in [0.3, 0.4) is 0 Å². The van der Waals surface area contributed by atoms with Crippen LogP contribution in [0.1, 0.15) is 10.4 Å². The molecule has 0 fully saturated rings. The predicted molar refractivity (Wildman–Crippen MR) is 65.3 cm³/mol. The first-order chi connectivity index (χ1) is 8.16. The number of nitrogens with one attached hydrogen (secondary N) is 1. The summed E-state index contributed by atoms with van der Waals surface area (Å²) < 4.78 is 0. The number of hydrogen-bond donors (Lipinski definition) is 2. The van der Waals surface area contributed by atoms with E-state index < -0.39 is 0 Å². The minimum absolute atomic E-state index is 0.0490. The number of rotatable bonds is 2. The molecule has 0 saturated carbocycles. The number of pyridine rings is 1. The number of amides is 1. The summed E-state index contributed by atoms with van der Waals surface area (Å²) in [7, 11) is 0. The molecule has 0 atom stereocenters. The number of aromatic hydroxyl groups is 1. The van der Waals surface area contributed by atoms with Gasteiger partial charge in [-0.15, -0.1) is 0 Å². The molecule has 1 heterocycles. The average molecular weight is 249 g/mol. The highest BCUT2D eigenvalue weighted by Crippen LogP contribution is 2.23. The summed E-state index contributed by atoms with van der Waals surface area (Å²) in [5.74, 6) is -0.342. The van der Waals surface area contributed by atoms with Crippen LogP contribution in [0.15, 0.2) is 42.7 Å². The highest BCUT2D eigenvalue weighted by atomic mass is 35.5. The Hall–Kier alpha value is -2.07. The SMILES string of the molecule is O=C(Nc1ccncc1)c1ccc(O)c(Cl)c1. The van der Waals surface area contributed by atoms with Gasteiger partial charge in [-0.2, -0.15) is 0 Å². The van der Waals surface area contributed by atoms with Crippen molar-refractivity contribution in [1.29, 1.82) is 0 Å². The van der Waals surface area contributed by atoms with E-state index in [-0.39, 0.29) is 16.7 Å². The van der Waals surface area contributed by atoms with Gasteiger partial charge in [-0.25, -0.2) is 0 Å². The number of phenols is 1. The van der Waals surface area contributed by atoms with E-state index in [4.69, 9.17) is 11.6 Å². The zero-order valence-corrected chi connectivity index (χ0v) is 9.48. The Balaban J connectivity index is 2.18. The third-order valence-corrected chi connectivity index (χ3v) is 2.45. The van der Waals surface area contributed by atoms with Crippen LogP contribution in [-0.4, -0.2) is 16.0 Å². The smallest absolute Gasteiger partial charge is 0.255 e. The Kier molecular flexibility index (Phi) is 3.25. The quantitative estimate of drug-likeness (QED) is 0.859. The molecule has 1 aromatic carbocycles. The molecule has 86 valence electrons. The van der Waals surface area contributed by atoms with Gasteiger partial charge in [0.25, 0.3) is 5.91 Å². The number of hydrogen-bond acceptors (Lipinski definition) is 3. The molecule has 0 spiro atoms. The van der Waals surface area contributed by atoms with Crippen LogP contribution >= 0.6 is 11.6 Å². The van der Waals surface area contributed by atoms with E-state index in [1.54, 1.807) is 24.5 Å². The van der Waals surface area contributed by atoms with Gasteiger partial charge in [-0.3, -0.25) is 9.78 Å². The molecule has 2 N–H and O–H groups in total. The van der Waals surface area contributed by atoms with E-state index in [0.29, 0.717) is 11.3 Å². The Bertz CT molecular complexity index is 543. The van der Waals surface area contributed by atoms with Gasteiger partial charge in [-0.05, 0) is 30.3 Å². The van der Waals surface area contributed by atoms with Crippen LogP contribution in [0.2, 0.25) is 5.02 Å². The average Bonchev–Trinajstić information content (AvgIpc) is 2.34. The number of phenolic OH excluding ortho intramolecular Hbond substituents is 1. The fourth-order valence-corrected chi connectivity index (χ4v) is 1.47. The highest BCUT2D eigenvalue weighted by molar-refractivity contribution is 6.32. The fraction of sp³-hybridized carbons (Fsp3) is 0. The van der Waals surface area contributed by atoms with E-state index in [0.717, 1.165) is 0 Å². The van der Waals surface area contributed by atoms with Crippen molar-refractivity contribution < 1.29 is 9.90 Å². The normalized spacial score (nSPS) is 9.94. The standard InChI is InChI=1S/C12H9ClN2O2/c13-10-7-8(1-2-11(10)16)12(17)15-9-3-5-14-6-4-9/h1-7,16H,(H,14,15,17). The molecule has 0 aliphatic heterocycles. The van der Waals surface area contributed by atoms with Crippen LogP contribution in [0.25, 0.3) is 0 Å². The number of anilines is 1. The van der Waals surface area contributed by atoms with Gasteiger partial charge in [0.2, 0.25) is 0 Å². The van der Waals surface area contributed by atoms with Crippen LogP contribution in [0, 0.1) is 0 Å². The molecule has 17 heavy (non-hydrogen) atoms.